The molecule has 0 radical (unpaired) electrons. The molecule has 1 saturated carbocycles. The minimum atomic E-state index is -3.96. The van der Waals surface area contributed by atoms with Gasteiger partial charge in [0, 0.05) is 35.6 Å². The summed E-state index contributed by atoms with van der Waals surface area (Å²) in [6.07, 6.45) is 5.57. The van der Waals surface area contributed by atoms with Gasteiger partial charge in [0.1, 0.15) is 10.9 Å². The SMILES string of the molecule is CC[C@H](C(=O)NC1CCCCC1)N(Cc1ccc(Cl)cc1Cl)C(=O)CCCN1C(=O)c2ccccc2S1(=O)=O. The van der Waals surface area contributed by atoms with E-state index in [4.69, 9.17) is 23.2 Å². The van der Waals surface area contributed by atoms with Gasteiger partial charge < -0.3 is 10.2 Å². The fourth-order valence-corrected chi connectivity index (χ4v) is 7.34. The van der Waals surface area contributed by atoms with Crippen LogP contribution in [0.1, 0.15) is 74.2 Å². The van der Waals surface area contributed by atoms with Gasteiger partial charge in [-0.05, 0) is 55.5 Å². The van der Waals surface area contributed by atoms with Gasteiger partial charge in [0.15, 0.2) is 0 Å². The van der Waals surface area contributed by atoms with E-state index in [1.165, 1.54) is 17.0 Å². The van der Waals surface area contributed by atoms with Crippen molar-refractivity contribution in [1.29, 1.82) is 0 Å². The zero-order valence-electron chi connectivity index (χ0n) is 21.9. The molecule has 39 heavy (non-hydrogen) atoms. The number of nitrogens with zero attached hydrogens (tertiary/aromatic N) is 2. The van der Waals surface area contributed by atoms with Gasteiger partial charge in [-0.3, -0.25) is 14.4 Å². The second-order valence-corrected chi connectivity index (χ2v) is 12.7. The number of rotatable bonds is 10. The lowest BCUT2D eigenvalue weighted by atomic mass is 9.95. The van der Waals surface area contributed by atoms with E-state index in [2.05, 4.69) is 5.32 Å². The molecule has 0 unspecified atom stereocenters. The molecule has 0 bridgehead atoms. The number of sulfonamides is 1. The van der Waals surface area contributed by atoms with Crippen molar-refractivity contribution in [2.24, 2.45) is 0 Å². The summed E-state index contributed by atoms with van der Waals surface area (Å²) in [5, 5.41) is 3.97. The third kappa shape index (κ3) is 6.58. The van der Waals surface area contributed by atoms with E-state index >= 15 is 0 Å². The summed E-state index contributed by atoms with van der Waals surface area (Å²) >= 11 is 12.5. The standard InChI is InChI=1S/C28H33Cl2N3O5S/c1-2-24(27(35)31-21-9-4-3-5-10-21)32(18-19-14-15-20(29)17-23(19)30)26(34)13-8-16-33-28(36)22-11-6-7-12-25(22)39(33,37)38/h6-7,11-12,14-15,17,21,24H,2-5,8-10,13,16,18H2,1H3,(H,31,35)/t24-/m1/s1. The van der Waals surface area contributed by atoms with Crippen LogP contribution in [-0.4, -0.2) is 54.0 Å². The first-order valence-corrected chi connectivity index (χ1v) is 15.5. The van der Waals surface area contributed by atoms with Crippen molar-refractivity contribution < 1.29 is 22.8 Å². The normalized spacial score (nSPS) is 17.5. The Morgan fingerprint density at radius 1 is 1.10 bits per heavy atom. The van der Waals surface area contributed by atoms with Crippen LogP contribution in [0.25, 0.3) is 0 Å². The number of nitrogens with one attached hydrogen (secondary N) is 1. The van der Waals surface area contributed by atoms with Crippen molar-refractivity contribution >= 4 is 50.9 Å². The second-order valence-electron chi connectivity index (χ2n) is 10.0. The van der Waals surface area contributed by atoms with Crippen LogP contribution in [-0.2, 0) is 26.2 Å². The smallest absolute Gasteiger partial charge is 0.269 e. The first kappa shape index (κ1) is 29.4. The molecule has 1 aliphatic heterocycles. The van der Waals surface area contributed by atoms with Crippen molar-refractivity contribution in [2.75, 3.05) is 6.54 Å². The Bertz CT molecular complexity index is 1340. The molecule has 2 aromatic rings. The summed E-state index contributed by atoms with van der Waals surface area (Å²) in [4.78, 5) is 41.2. The summed E-state index contributed by atoms with van der Waals surface area (Å²) in [6, 6.07) is 10.4. The van der Waals surface area contributed by atoms with Crippen LogP contribution in [0.4, 0.5) is 0 Å². The zero-order valence-corrected chi connectivity index (χ0v) is 24.2. The van der Waals surface area contributed by atoms with Crippen molar-refractivity contribution in [3.8, 4) is 0 Å². The van der Waals surface area contributed by atoms with Crippen LogP contribution >= 0.6 is 23.2 Å². The van der Waals surface area contributed by atoms with E-state index in [9.17, 15) is 22.8 Å². The summed E-state index contributed by atoms with van der Waals surface area (Å²) in [5.74, 6) is -1.13. The monoisotopic (exact) mass is 593 g/mol. The zero-order chi connectivity index (χ0) is 28.2. The lowest BCUT2D eigenvalue weighted by molar-refractivity contribution is -0.141. The predicted octanol–water partition coefficient (Wildman–Crippen LogP) is 5.17. The van der Waals surface area contributed by atoms with E-state index in [1.807, 2.05) is 6.92 Å². The third-order valence-electron chi connectivity index (χ3n) is 7.36. The number of hydrogen-bond donors (Lipinski definition) is 1. The summed E-state index contributed by atoms with van der Waals surface area (Å²) < 4.78 is 26.6. The number of halogens is 2. The van der Waals surface area contributed by atoms with Crippen LogP contribution in [0.2, 0.25) is 10.0 Å². The highest BCUT2D eigenvalue weighted by Gasteiger charge is 2.40. The van der Waals surface area contributed by atoms with E-state index in [0.29, 0.717) is 22.0 Å². The maximum atomic E-state index is 13.6. The molecule has 11 heteroatoms. The maximum absolute atomic E-state index is 13.6. The topological polar surface area (TPSA) is 104 Å². The van der Waals surface area contributed by atoms with Gasteiger partial charge in [-0.15, -0.1) is 0 Å². The van der Waals surface area contributed by atoms with Crippen LogP contribution < -0.4 is 5.32 Å². The number of benzene rings is 2. The Morgan fingerprint density at radius 2 is 1.82 bits per heavy atom. The Morgan fingerprint density at radius 3 is 2.49 bits per heavy atom. The third-order valence-corrected chi connectivity index (χ3v) is 9.78. The summed E-state index contributed by atoms with van der Waals surface area (Å²) in [6.45, 7) is 1.81. The fraction of sp³-hybridized carbons (Fsp3) is 0.464. The molecular weight excluding hydrogens is 561 g/mol. The molecule has 2 aliphatic rings. The highest BCUT2D eigenvalue weighted by atomic mass is 35.5. The second kappa shape index (κ2) is 12.7. The number of fused-ring (bicyclic) bond motifs is 1. The largest absolute Gasteiger partial charge is 0.352 e. The molecule has 2 aromatic carbocycles. The van der Waals surface area contributed by atoms with Crippen LogP contribution in [0.3, 0.4) is 0 Å². The molecule has 1 aliphatic carbocycles. The molecule has 0 aromatic heterocycles. The molecular formula is C28H33Cl2N3O5S. The summed E-state index contributed by atoms with van der Waals surface area (Å²) in [7, 11) is -3.96. The van der Waals surface area contributed by atoms with E-state index in [1.54, 1.807) is 30.3 Å². The first-order valence-electron chi connectivity index (χ1n) is 13.3. The van der Waals surface area contributed by atoms with E-state index in [-0.39, 0.29) is 54.2 Å². The Kier molecular flexibility index (Phi) is 9.56. The van der Waals surface area contributed by atoms with Crippen molar-refractivity contribution in [3.05, 3.63) is 63.6 Å². The van der Waals surface area contributed by atoms with Gasteiger partial charge in [-0.1, -0.05) is 67.6 Å². The number of amides is 3. The molecule has 0 saturated heterocycles. The Labute approximate surface area is 239 Å². The number of hydrogen-bond acceptors (Lipinski definition) is 5. The van der Waals surface area contributed by atoms with Crippen molar-refractivity contribution in [1.82, 2.24) is 14.5 Å². The molecule has 1 atom stereocenters. The number of carbonyl (C=O) groups is 3. The molecule has 8 nitrogen and oxygen atoms in total. The lowest BCUT2D eigenvalue weighted by Crippen LogP contribution is -2.51. The Balaban J connectivity index is 1.49. The molecule has 1 N–H and O–H groups in total. The highest BCUT2D eigenvalue weighted by Crippen LogP contribution is 2.30. The van der Waals surface area contributed by atoms with Crippen LogP contribution in [0, 0.1) is 0 Å². The van der Waals surface area contributed by atoms with Crippen molar-refractivity contribution in [2.45, 2.75) is 81.8 Å². The van der Waals surface area contributed by atoms with E-state index < -0.39 is 22.0 Å². The lowest BCUT2D eigenvalue weighted by Gasteiger charge is -2.33. The summed E-state index contributed by atoms with van der Waals surface area (Å²) in [5.41, 5.74) is 0.777. The van der Waals surface area contributed by atoms with Crippen LogP contribution in [0.15, 0.2) is 47.4 Å². The van der Waals surface area contributed by atoms with Gasteiger partial charge in [0.05, 0.1) is 5.56 Å². The van der Waals surface area contributed by atoms with Gasteiger partial charge in [0.2, 0.25) is 11.8 Å². The molecule has 0 spiro atoms. The first-order chi connectivity index (χ1) is 18.6. The molecule has 1 fully saturated rings. The van der Waals surface area contributed by atoms with Gasteiger partial charge in [-0.25, -0.2) is 12.7 Å². The molecule has 4 rings (SSSR count). The molecule has 210 valence electrons. The minimum absolute atomic E-state index is 0.0224. The van der Waals surface area contributed by atoms with E-state index in [0.717, 1.165) is 36.4 Å². The average molecular weight is 595 g/mol. The molecule has 3 amide bonds. The quantitative estimate of drug-likeness (QED) is 0.409. The maximum Gasteiger partial charge on any atom is 0.269 e. The average Bonchev–Trinajstić information content (AvgIpc) is 3.10. The Hall–Kier alpha value is -2.62. The molecule has 1 heterocycles. The highest BCUT2D eigenvalue weighted by molar-refractivity contribution is 7.90. The van der Waals surface area contributed by atoms with Crippen LogP contribution in [0.5, 0.6) is 0 Å². The van der Waals surface area contributed by atoms with Crippen molar-refractivity contribution in [3.63, 3.8) is 0 Å². The van der Waals surface area contributed by atoms with Gasteiger partial charge >= 0.3 is 0 Å². The van der Waals surface area contributed by atoms with Gasteiger partial charge in [-0.2, -0.15) is 0 Å². The minimum Gasteiger partial charge on any atom is -0.352 e. The van der Waals surface area contributed by atoms with Gasteiger partial charge in [0.25, 0.3) is 15.9 Å². The predicted molar refractivity (Wildman–Crippen MR) is 150 cm³/mol. The fourth-order valence-electron chi connectivity index (χ4n) is 5.27. The number of carbonyl (C=O) groups excluding carboxylic acids is 3.